The van der Waals surface area contributed by atoms with Crippen LogP contribution in [0.4, 0.5) is 5.69 Å². The van der Waals surface area contributed by atoms with Crippen LogP contribution in [0, 0.1) is 0 Å². The summed E-state index contributed by atoms with van der Waals surface area (Å²) in [6.07, 6.45) is 4.02. The standard InChI is InChI=1S/C18H20N2O3/c21-18(17-4-3-10-22-17)20-9-11-23-16-6-5-15(12-14(16)13-20)19-7-1-2-8-19/h3-6,10,12H,1-2,7-9,11,13H2. The lowest BCUT2D eigenvalue weighted by molar-refractivity contribution is 0.0701. The van der Waals surface area contributed by atoms with Gasteiger partial charge in [-0.1, -0.05) is 0 Å². The van der Waals surface area contributed by atoms with Crippen LogP contribution in [0.1, 0.15) is 29.0 Å². The largest absolute Gasteiger partial charge is 0.491 e. The molecule has 1 aromatic heterocycles. The average molecular weight is 312 g/mol. The van der Waals surface area contributed by atoms with E-state index < -0.39 is 0 Å². The Labute approximate surface area is 135 Å². The maximum atomic E-state index is 12.5. The van der Waals surface area contributed by atoms with Crippen LogP contribution in [0.3, 0.4) is 0 Å². The number of carbonyl (C=O) groups is 1. The second kappa shape index (κ2) is 5.99. The summed E-state index contributed by atoms with van der Waals surface area (Å²) in [4.78, 5) is 16.7. The molecule has 4 rings (SSSR count). The molecule has 5 nitrogen and oxygen atoms in total. The van der Waals surface area contributed by atoms with E-state index in [1.165, 1.54) is 24.8 Å². The number of furan rings is 1. The van der Waals surface area contributed by atoms with Gasteiger partial charge in [0.1, 0.15) is 12.4 Å². The summed E-state index contributed by atoms with van der Waals surface area (Å²) in [5.74, 6) is 1.17. The van der Waals surface area contributed by atoms with Crippen LogP contribution in [0.15, 0.2) is 41.0 Å². The molecule has 1 fully saturated rings. The van der Waals surface area contributed by atoms with E-state index in [2.05, 4.69) is 17.0 Å². The lowest BCUT2D eigenvalue weighted by atomic mass is 10.1. The van der Waals surface area contributed by atoms with E-state index in [4.69, 9.17) is 9.15 Å². The number of hydrogen-bond donors (Lipinski definition) is 0. The van der Waals surface area contributed by atoms with Gasteiger partial charge in [0.05, 0.1) is 12.8 Å². The number of benzene rings is 1. The summed E-state index contributed by atoms with van der Waals surface area (Å²) in [5.41, 5.74) is 2.28. The Bertz CT molecular complexity index is 690. The van der Waals surface area contributed by atoms with Crippen LogP contribution in [0.25, 0.3) is 0 Å². The molecule has 3 heterocycles. The van der Waals surface area contributed by atoms with Crippen LogP contribution < -0.4 is 9.64 Å². The molecule has 0 saturated carbocycles. The molecule has 0 radical (unpaired) electrons. The molecule has 0 bridgehead atoms. The molecule has 0 N–H and O–H groups in total. The number of ether oxygens (including phenoxy) is 1. The molecule has 0 unspecified atom stereocenters. The van der Waals surface area contributed by atoms with E-state index in [0.717, 1.165) is 24.4 Å². The molecule has 0 atom stereocenters. The molecule has 0 aliphatic carbocycles. The van der Waals surface area contributed by atoms with E-state index in [1.54, 1.807) is 17.0 Å². The van der Waals surface area contributed by atoms with Gasteiger partial charge >= 0.3 is 0 Å². The van der Waals surface area contributed by atoms with Gasteiger partial charge in [0.15, 0.2) is 5.76 Å². The summed E-state index contributed by atoms with van der Waals surface area (Å²) in [6.45, 7) is 3.83. The third kappa shape index (κ3) is 2.79. The predicted octanol–water partition coefficient (Wildman–Crippen LogP) is 2.91. The van der Waals surface area contributed by atoms with Crippen molar-refractivity contribution < 1.29 is 13.9 Å². The van der Waals surface area contributed by atoms with E-state index in [9.17, 15) is 4.79 Å². The van der Waals surface area contributed by atoms with Crippen molar-refractivity contribution in [2.75, 3.05) is 31.1 Å². The summed E-state index contributed by atoms with van der Waals surface area (Å²) < 4.78 is 11.1. The lowest BCUT2D eigenvalue weighted by Crippen LogP contribution is -2.32. The zero-order valence-corrected chi connectivity index (χ0v) is 13.0. The van der Waals surface area contributed by atoms with Crippen molar-refractivity contribution in [2.45, 2.75) is 19.4 Å². The summed E-state index contributed by atoms with van der Waals surface area (Å²) in [5, 5.41) is 0. The minimum Gasteiger partial charge on any atom is -0.491 e. The van der Waals surface area contributed by atoms with Gasteiger partial charge in [-0.3, -0.25) is 4.79 Å². The fraction of sp³-hybridized carbons (Fsp3) is 0.389. The van der Waals surface area contributed by atoms with Gasteiger partial charge in [0, 0.05) is 30.9 Å². The predicted molar refractivity (Wildman–Crippen MR) is 86.8 cm³/mol. The average Bonchev–Trinajstić information content (AvgIpc) is 3.24. The molecule has 2 aliphatic heterocycles. The number of nitrogens with zero attached hydrogens (tertiary/aromatic N) is 2. The number of amides is 1. The first-order valence-corrected chi connectivity index (χ1v) is 8.15. The molecule has 5 heteroatoms. The molecule has 120 valence electrons. The Morgan fingerprint density at radius 3 is 2.74 bits per heavy atom. The van der Waals surface area contributed by atoms with Gasteiger partial charge in [-0.05, 0) is 43.2 Å². The van der Waals surface area contributed by atoms with Crippen molar-refractivity contribution in [3.05, 3.63) is 47.9 Å². The van der Waals surface area contributed by atoms with Gasteiger partial charge < -0.3 is 19.0 Å². The van der Waals surface area contributed by atoms with Crippen molar-refractivity contribution in [3.8, 4) is 5.75 Å². The quantitative estimate of drug-likeness (QED) is 0.855. The lowest BCUT2D eigenvalue weighted by Gasteiger charge is -2.21. The van der Waals surface area contributed by atoms with Gasteiger partial charge in [0.2, 0.25) is 0 Å². The minimum absolute atomic E-state index is 0.0852. The molecule has 1 aromatic carbocycles. The van der Waals surface area contributed by atoms with Crippen LogP contribution in [-0.2, 0) is 6.54 Å². The highest BCUT2D eigenvalue weighted by molar-refractivity contribution is 5.91. The molecule has 1 amide bonds. The highest BCUT2D eigenvalue weighted by Gasteiger charge is 2.23. The highest BCUT2D eigenvalue weighted by Crippen LogP contribution is 2.30. The van der Waals surface area contributed by atoms with Gasteiger partial charge in [0.25, 0.3) is 5.91 Å². The maximum absolute atomic E-state index is 12.5. The molecule has 2 aliphatic rings. The van der Waals surface area contributed by atoms with Crippen molar-refractivity contribution in [1.82, 2.24) is 4.90 Å². The van der Waals surface area contributed by atoms with Crippen molar-refractivity contribution in [3.63, 3.8) is 0 Å². The van der Waals surface area contributed by atoms with Crippen molar-refractivity contribution in [1.29, 1.82) is 0 Å². The Hall–Kier alpha value is -2.43. The molecule has 0 spiro atoms. The molecular formula is C18H20N2O3. The fourth-order valence-electron chi connectivity index (χ4n) is 3.28. The second-order valence-corrected chi connectivity index (χ2v) is 6.04. The van der Waals surface area contributed by atoms with Crippen LogP contribution in [0.5, 0.6) is 5.75 Å². The van der Waals surface area contributed by atoms with Gasteiger partial charge in [-0.2, -0.15) is 0 Å². The number of carbonyl (C=O) groups excluding carboxylic acids is 1. The highest BCUT2D eigenvalue weighted by atomic mass is 16.5. The van der Waals surface area contributed by atoms with E-state index in [-0.39, 0.29) is 5.91 Å². The third-order valence-electron chi connectivity index (χ3n) is 4.51. The summed E-state index contributed by atoms with van der Waals surface area (Å²) in [6, 6.07) is 9.75. The van der Waals surface area contributed by atoms with Crippen molar-refractivity contribution >= 4 is 11.6 Å². The first kappa shape index (κ1) is 14.2. The van der Waals surface area contributed by atoms with E-state index >= 15 is 0 Å². The Morgan fingerprint density at radius 1 is 1.09 bits per heavy atom. The SMILES string of the molecule is O=C(c1ccco1)N1CCOc2ccc(N3CCCC3)cc2C1. The number of anilines is 1. The van der Waals surface area contributed by atoms with Crippen molar-refractivity contribution in [2.24, 2.45) is 0 Å². The maximum Gasteiger partial charge on any atom is 0.289 e. The van der Waals surface area contributed by atoms with Gasteiger partial charge in [-0.25, -0.2) is 0 Å². The van der Waals surface area contributed by atoms with E-state index in [1.807, 2.05) is 6.07 Å². The first-order chi connectivity index (χ1) is 11.3. The molecule has 2 aromatic rings. The third-order valence-corrected chi connectivity index (χ3v) is 4.51. The monoisotopic (exact) mass is 312 g/mol. The number of rotatable bonds is 2. The minimum atomic E-state index is -0.0852. The van der Waals surface area contributed by atoms with Gasteiger partial charge in [-0.15, -0.1) is 0 Å². The Balaban J connectivity index is 1.59. The normalized spacial score (nSPS) is 17.6. The first-order valence-electron chi connectivity index (χ1n) is 8.15. The number of hydrogen-bond acceptors (Lipinski definition) is 4. The molecule has 1 saturated heterocycles. The molecular weight excluding hydrogens is 292 g/mol. The number of fused-ring (bicyclic) bond motifs is 1. The Morgan fingerprint density at radius 2 is 1.96 bits per heavy atom. The topological polar surface area (TPSA) is 45.9 Å². The van der Waals surface area contributed by atoms with E-state index in [0.29, 0.717) is 25.5 Å². The fourth-order valence-corrected chi connectivity index (χ4v) is 3.28. The Kier molecular flexibility index (Phi) is 3.69. The second-order valence-electron chi connectivity index (χ2n) is 6.04. The smallest absolute Gasteiger partial charge is 0.289 e. The van der Waals surface area contributed by atoms with Crippen LogP contribution in [0.2, 0.25) is 0 Å². The zero-order chi connectivity index (χ0) is 15.6. The van der Waals surface area contributed by atoms with Crippen LogP contribution in [-0.4, -0.2) is 37.0 Å². The van der Waals surface area contributed by atoms with Crippen LogP contribution >= 0.6 is 0 Å². The zero-order valence-electron chi connectivity index (χ0n) is 13.0. The summed E-state index contributed by atoms with van der Waals surface area (Å²) in [7, 11) is 0. The molecule has 23 heavy (non-hydrogen) atoms. The summed E-state index contributed by atoms with van der Waals surface area (Å²) >= 11 is 0.